The number of carboxylic acids is 1. The van der Waals surface area contributed by atoms with Crippen molar-refractivity contribution in [1.29, 1.82) is 0 Å². The van der Waals surface area contributed by atoms with Crippen LogP contribution in [-0.2, 0) is 9.59 Å². The zero-order valence-corrected chi connectivity index (χ0v) is 13.4. The van der Waals surface area contributed by atoms with Crippen LogP contribution in [-0.4, -0.2) is 36.1 Å². The first kappa shape index (κ1) is 18.0. The van der Waals surface area contributed by atoms with Gasteiger partial charge in [0.25, 0.3) is 0 Å². The first-order chi connectivity index (χ1) is 10.0. The molecule has 0 aromatic rings. The molecule has 1 rings (SSSR count). The van der Waals surface area contributed by atoms with Crippen molar-refractivity contribution in [2.45, 2.75) is 64.8 Å². The maximum atomic E-state index is 11.8. The Kier molecular flexibility index (Phi) is 8.35. The van der Waals surface area contributed by atoms with E-state index in [0.29, 0.717) is 18.9 Å². The van der Waals surface area contributed by atoms with Gasteiger partial charge < -0.3 is 15.7 Å². The number of hydrogen-bond acceptors (Lipinski definition) is 3. The molecule has 0 saturated heterocycles. The molecular formula is C16H30N2O3. The lowest BCUT2D eigenvalue weighted by atomic mass is 9.89. The summed E-state index contributed by atoms with van der Waals surface area (Å²) in [6.07, 6.45) is 7.45. The van der Waals surface area contributed by atoms with Crippen molar-refractivity contribution in [3.8, 4) is 0 Å². The summed E-state index contributed by atoms with van der Waals surface area (Å²) >= 11 is 0. The normalized spacial score (nSPS) is 19.0. The van der Waals surface area contributed by atoms with Crippen LogP contribution in [0.1, 0.15) is 58.8 Å². The van der Waals surface area contributed by atoms with Crippen molar-refractivity contribution in [2.75, 3.05) is 13.1 Å². The molecular weight excluding hydrogens is 268 g/mol. The quantitative estimate of drug-likeness (QED) is 0.609. The number of carbonyl (C=O) groups excluding carboxylic acids is 1. The minimum Gasteiger partial charge on any atom is -0.480 e. The minimum atomic E-state index is -0.841. The van der Waals surface area contributed by atoms with Crippen molar-refractivity contribution in [2.24, 2.45) is 11.8 Å². The lowest BCUT2D eigenvalue weighted by Crippen LogP contribution is -2.43. The highest BCUT2D eigenvalue weighted by atomic mass is 16.4. The summed E-state index contributed by atoms with van der Waals surface area (Å²) < 4.78 is 0. The molecule has 0 unspecified atom stereocenters. The average Bonchev–Trinajstić information content (AvgIpc) is 2.49. The van der Waals surface area contributed by atoms with Crippen LogP contribution in [0.25, 0.3) is 0 Å². The van der Waals surface area contributed by atoms with Gasteiger partial charge in [-0.05, 0) is 24.7 Å². The fraction of sp³-hybridized carbons (Fsp3) is 0.875. The second-order valence-corrected chi connectivity index (χ2v) is 6.21. The Morgan fingerprint density at radius 3 is 2.48 bits per heavy atom. The van der Waals surface area contributed by atoms with Gasteiger partial charge in [-0.2, -0.15) is 0 Å². The van der Waals surface area contributed by atoms with E-state index >= 15 is 0 Å². The van der Waals surface area contributed by atoms with Crippen LogP contribution < -0.4 is 10.6 Å². The van der Waals surface area contributed by atoms with E-state index in [1.54, 1.807) is 0 Å². The van der Waals surface area contributed by atoms with E-state index in [9.17, 15) is 9.59 Å². The lowest BCUT2D eigenvalue weighted by molar-refractivity contribution is -0.141. The maximum absolute atomic E-state index is 11.8. The molecule has 5 heteroatoms. The molecule has 3 N–H and O–H groups in total. The molecule has 0 radical (unpaired) electrons. The van der Waals surface area contributed by atoms with Gasteiger partial charge in [-0.3, -0.25) is 9.59 Å². The monoisotopic (exact) mass is 298 g/mol. The molecule has 5 nitrogen and oxygen atoms in total. The van der Waals surface area contributed by atoms with E-state index in [4.69, 9.17) is 5.11 Å². The zero-order chi connectivity index (χ0) is 15.7. The number of hydrogen-bond donors (Lipinski definition) is 3. The molecule has 2 atom stereocenters. The number of carboxylic acid groups (broad SMARTS) is 1. The average molecular weight is 298 g/mol. The lowest BCUT2D eigenvalue weighted by Gasteiger charge is -2.22. The van der Waals surface area contributed by atoms with Gasteiger partial charge in [0.05, 0.1) is 0 Å². The Morgan fingerprint density at radius 1 is 1.24 bits per heavy atom. The number of aliphatic carboxylic acids is 1. The highest BCUT2D eigenvalue weighted by Gasteiger charge is 2.22. The summed E-state index contributed by atoms with van der Waals surface area (Å²) in [4.78, 5) is 22.9. The maximum Gasteiger partial charge on any atom is 0.320 e. The van der Waals surface area contributed by atoms with Crippen LogP contribution in [0.5, 0.6) is 0 Å². The van der Waals surface area contributed by atoms with Crippen LogP contribution in [0.3, 0.4) is 0 Å². The Labute approximate surface area is 127 Å². The number of rotatable bonds is 9. The second-order valence-electron chi connectivity index (χ2n) is 6.21. The molecule has 1 saturated carbocycles. The van der Waals surface area contributed by atoms with Crippen LogP contribution >= 0.6 is 0 Å². The zero-order valence-electron chi connectivity index (χ0n) is 13.4. The van der Waals surface area contributed by atoms with Gasteiger partial charge in [-0.1, -0.05) is 39.5 Å². The number of amides is 1. The predicted molar refractivity (Wildman–Crippen MR) is 83.1 cm³/mol. The Bertz CT molecular complexity index is 327. The smallest absolute Gasteiger partial charge is 0.320 e. The van der Waals surface area contributed by atoms with Crippen molar-refractivity contribution in [3.63, 3.8) is 0 Å². The van der Waals surface area contributed by atoms with Crippen LogP contribution in [0.15, 0.2) is 0 Å². The van der Waals surface area contributed by atoms with Gasteiger partial charge in [0.2, 0.25) is 5.91 Å². The highest BCUT2D eigenvalue weighted by molar-refractivity contribution is 5.76. The van der Waals surface area contributed by atoms with Gasteiger partial charge in [0.1, 0.15) is 6.04 Å². The van der Waals surface area contributed by atoms with Gasteiger partial charge in [0, 0.05) is 19.5 Å². The third-order valence-electron chi connectivity index (χ3n) is 4.51. The van der Waals surface area contributed by atoms with Gasteiger partial charge >= 0.3 is 5.97 Å². The van der Waals surface area contributed by atoms with Crippen molar-refractivity contribution in [3.05, 3.63) is 0 Å². The minimum absolute atomic E-state index is 0.0152. The van der Waals surface area contributed by atoms with E-state index < -0.39 is 12.0 Å². The van der Waals surface area contributed by atoms with E-state index in [1.807, 2.05) is 13.8 Å². The Hall–Kier alpha value is -1.10. The fourth-order valence-corrected chi connectivity index (χ4v) is 2.85. The molecule has 1 aliphatic carbocycles. The van der Waals surface area contributed by atoms with E-state index in [2.05, 4.69) is 10.6 Å². The van der Waals surface area contributed by atoms with Crippen molar-refractivity contribution >= 4 is 11.9 Å². The first-order valence-corrected chi connectivity index (χ1v) is 8.27. The molecule has 1 fully saturated rings. The highest BCUT2D eigenvalue weighted by Crippen LogP contribution is 2.22. The first-order valence-electron chi connectivity index (χ1n) is 8.27. The summed E-state index contributed by atoms with van der Waals surface area (Å²) in [6, 6.07) is -0.568. The topological polar surface area (TPSA) is 78.4 Å². The predicted octanol–water partition coefficient (Wildman–Crippen LogP) is 2.16. The third kappa shape index (κ3) is 6.93. The standard InChI is InChI=1S/C16H30N2O3/c1-3-12(2)15(16(20)21)17-10-9-14(19)18-11-13-7-5-4-6-8-13/h12-13,15,17H,3-11H2,1-2H3,(H,18,19)(H,20,21)/t12-,15-/m0/s1. The Morgan fingerprint density at radius 2 is 1.90 bits per heavy atom. The third-order valence-corrected chi connectivity index (χ3v) is 4.51. The Balaban J connectivity index is 2.18. The summed E-state index contributed by atoms with van der Waals surface area (Å²) in [5, 5.41) is 15.1. The van der Waals surface area contributed by atoms with Gasteiger partial charge in [-0.15, -0.1) is 0 Å². The number of carbonyl (C=O) groups is 2. The summed E-state index contributed by atoms with van der Waals surface area (Å²) in [5.74, 6) is -0.135. The van der Waals surface area contributed by atoms with Gasteiger partial charge in [-0.25, -0.2) is 0 Å². The molecule has 0 bridgehead atoms. The fourth-order valence-electron chi connectivity index (χ4n) is 2.85. The summed E-state index contributed by atoms with van der Waals surface area (Å²) in [5.41, 5.74) is 0. The van der Waals surface area contributed by atoms with Crippen LogP contribution in [0.2, 0.25) is 0 Å². The van der Waals surface area contributed by atoms with E-state index in [0.717, 1.165) is 13.0 Å². The molecule has 21 heavy (non-hydrogen) atoms. The summed E-state index contributed by atoms with van der Waals surface area (Å²) in [6.45, 7) is 5.07. The molecule has 0 aromatic heterocycles. The number of nitrogens with one attached hydrogen (secondary N) is 2. The molecule has 0 aromatic carbocycles. The molecule has 0 aliphatic heterocycles. The van der Waals surface area contributed by atoms with Crippen molar-refractivity contribution < 1.29 is 14.7 Å². The van der Waals surface area contributed by atoms with Crippen LogP contribution in [0.4, 0.5) is 0 Å². The van der Waals surface area contributed by atoms with Crippen LogP contribution in [0, 0.1) is 11.8 Å². The summed E-state index contributed by atoms with van der Waals surface area (Å²) in [7, 11) is 0. The van der Waals surface area contributed by atoms with Gasteiger partial charge in [0.15, 0.2) is 0 Å². The van der Waals surface area contributed by atoms with Crippen molar-refractivity contribution in [1.82, 2.24) is 10.6 Å². The SMILES string of the molecule is CC[C@H](C)[C@H](NCCC(=O)NCC1CCCCC1)C(=O)O. The second kappa shape index (κ2) is 9.77. The molecule has 0 heterocycles. The molecule has 122 valence electrons. The molecule has 0 spiro atoms. The van der Waals surface area contributed by atoms with E-state index in [1.165, 1.54) is 32.1 Å². The largest absolute Gasteiger partial charge is 0.480 e. The molecule has 1 amide bonds. The van der Waals surface area contributed by atoms with E-state index in [-0.39, 0.29) is 11.8 Å². The molecule has 1 aliphatic rings.